The van der Waals surface area contributed by atoms with Gasteiger partial charge >= 0.3 is 12.0 Å². The zero-order valence-corrected chi connectivity index (χ0v) is 12.0. The highest BCUT2D eigenvalue weighted by atomic mass is 32.2. The zero-order chi connectivity index (χ0) is 14.7. The first-order valence-corrected chi connectivity index (χ1v) is 7.79. The predicted molar refractivity (Wildman–Crippen MR) is 74.1 cm³/mol. The Hall–Kier alpha value is -1.44. The van der Waals surface area contributed by atoms with Gasteiger partial charge in [-0.25, -0.2) is 9.59 Å². The second kappa shape index (κ2) is 6.34. The number of thioether (sulfide) groups is 1. The van der Waals surface area contributed by atoms with Crippen LogP contribution < -0.4 is 5.73 Å². The predicted octanol–water partition coefficient (Wildman–Crippen LogP) is 0.153. The fourth-order valence-corrected chi connectivity index (χ4v) is 3.77. The van der Waals surface area contributed by atoms with E-state index in [4.69, 9.17) is 10.8 Å². The summed E-state index contributed by atoms with van der Waals surface area (Å²) in [6.07, 6.45) is 1.85. The molecule has 2 saturated heterocycles. The smallest absolute Gasteiger partial charge is 0.327 e. The number of carbonyl (C=O) groups excluding carboxylic acids is 2. The monoisotopic (exact) mass is 301 g/mol. The summed E-state index contributed by atoms with van der Waals surface area (Å²) in [5.41, 5.74) is 5.17. The maximum absolute atomic E-state index is 12.3. The van der Waals surface area contributed by atoms with Gasteiger partial charge in [0, 0.05) is 25.3 Å². The molecule has 8 heteroatoms. The highest BCUT2D eigenvalue weighted by Gasteiger charge is 2.37. The van der Waals surface area contributed by atoms with E-state index in [1.807, 2.05) is 0 Å². The maximum Gasteiger partial charge on any atom is 0.327 e. The minimum Gasteiger partial charge on any atom is -0.480 e. The molecule has 1 atom stereocenters. The lowest BCUT2D eigenvalue weighted by molar-refractivity contribution is -0.141. The summed E-state index contributed by atoms with van der Waals surface area (Å²) in [7, 11) is 0. The molecule has 0 spiro atoms. The Bertz CT molecular complexity index is 410. The molecule has 20 heavy (non-hydrogen) atoms. The Balaban J connectivity index is 1.88. The number of carboxylic acids is 1. The number of carboxylic acid groups (broad SMARTS) is 1. The first-order chi connectivity index (χ1) is 9.49. The topological polar surface area (TPSA) is 104 Å². The van der Waals surface area contributed by atoms with Crippen molar-refractivity contribution in [2.45, 2.75) is 25.3 Å². The quantitative estimate of drug-likeness (QED) is 0.772. The molecule has 0 saturated carbocycles. The van der Waals surface area contributed by atoms with E-state index >= 15 is 0 Å². The van der Waals surface area contributed by atoms with Crippen molar-refractivity contribution in [3.63, 3.8) is 0 Å². The molecule has 0 aromatic carbocycles. The number of primary amides is 1. The van der Waals surface area contributed by atoms with Gasteiger partial charge in [-0.1, -0.05) is 0 Å². The zero-order valence-electron chi connectivity index (χ0n) is 11.2. The first kappa shape index (κ1) is 15.0. The van der Waals surface area contributed by atoms with Crippen molar-refractivity contribution in [1.29, 1.82) is 0 Å². The minimum absolute atomic E-state index is 0.208. The number of piperidine rings is 1. The summed E-state index contributed by atoms with van der Waals surface area (Å²) in [6.45, 7) is 1.12. The number of rotatable bonds is 3. The number of likely N-dealkylation sites (tertiary alicyclic amines) is 1. The molecule has 0 aliphatic carbocycles. The van der Waals surface area contributed by atoms with E-state index < -0.39 is 12.0 Å². The molecular formula is C12H19N3O4S. The number of nitrogens with zero attached hydrogens (tertiary/aromatic N) is 2. The SMILES string of the molecule is NC(=O)CC1CCN(C(=O)N2CSC[C@H]2C(=O)O)CC1. The van der Waals surface area contributed by atoms with Gasteiger partial charge in [0.25, 0.3) is 0 Å². The third-order valence-corrected chi connectivity index (χ3v) is 4.80. The molecule has 0 aromatic rings. The van der Waals surface area contributed by atoms with Gasteiger partial charge in [-0.3, -0.25) is 4.79 Å². The second-order valence-corrected chi connectivity index (χ2v) is 6.21. The van der Waals surface area contributed by atoms with Crippen molar-refractivity contribution >= 4 is 29.7 Å². The molecule has 2 fully saturated rings. The Kier molecular flexibility index (Phi) is 4.74. The van der Waals surface area contributed by atoms with Gasteiger partial charge in [-0.05, 0) is 18.8 Å². The normalized spacial score (nSPS) is 23.9. The maximum atomic E-state index is 12.3. The van der Waals surface area contributed by atoms with Crippen molar-refractivity contribution in [2.75, 3.05) is 24.7 Å². The van der Waals surface area contributed by atoms with Crippen molar-refractivity contribution in [3.8, 4) is 0 Å². The Morgan fingerprint density at radius 1 is 1.25 bits per heavy atom. The van der Waals surface area contributed by atoms with Gasteiger partial charge in [0.2, 0.25) is 5.91 Å². The van der Waals surface area contributed by atoms with Gasteiger partial charge in [0.1, 0.15) is 6.04 Å². The molecule has 3 amide bonds. The fraction of sp³-hybridized carbons (Fsp3) is 0.750. The molecule has 2 rings (SSSR count). The second-order valence-electron chi connectivity index (χ2n) is 5.21. The lowest BCUT2D eigenvalue weighted by Crippen LogP contribution is -2.51. The summed E-state index contributed by atoms with van der Waals surface area (Å²) >= 11 is 1.46. The Morgan fingerprint density at radius 3 is 2.45 bits per heavy atom. The average Bonchev–Trinajstić information content (AvgIpc) is 2.87. The van der Waals surface area contributed by atoms with E-state index in [0.717, 1.165) is 12.8 Å². The van der Waals surface area contributed by atoms with Crippen molar-refractivity contribution in [2.24, 2.45) is 11.7 Å². The van der Waals surface area contributed by atoms with Crippen LogP contribution in [0.15, 0.2) is 0 Å². The van der Waals surface area contributed by atoms with Crippen molar-refractivity contribution in [3.05, 3.63) is 0 Å². The summed E-state index contributed by atoms with van der Waals surface area (Å²) < 4.78 is 0. The molecule has 3 N–H and O–H groups in total. The summed E-state index contributed by atoms with van der Waals surface area (Å²) in [5.74, 6) is -0.153. The molecular weight excluding hydrogens is 282 g/mol. The van der Waals surface area contributed by atoms with Gasteiger partial charge in [0.05, 0.1) is 5.88 Å². The molecule has 2 aliphatic heterocycles. The van der Waals surface area contributed by atoms with E-state index in [-0.39, 0.29) is 17.9 Å². The summed E-state index contributed by atoms with van der Waals surface area (Å²) in [4.78, 5) is 37.4. The molecule has 2 aliphatic rings. The molecule has 2 heterocycles. The standard InChI is InChI=1S/C12H19N3O4S/c13-10(16)5-8-1-3-14(4-2-8)12(19)15-7-20-6-9(15)11(17)18/h8-9H,1-7H2,(H2,13,16)(H,17,18)/t9-/m0/s1. The number of carbonyl (C=O) groups is 3. The van der Waals surface area contributed by atoms with Crippen LogP contribution in [0, 0.1) is 5.92 Å². The summed E-state index contributed by atoms with van der Waals surface area (Å²) in [5, 5.41) is 9.09. The highest BCUT2D eigenvalue weighted by Crippen LogP contribution is 2.26. The first-order valence-electron chi connectivity index (χ1n) is 6.63. The lowest BCUT2D eigenvalue weighted by Gasteiger charge is -2.35. The number of urea groups is 1. The third kappa shape index (κ3) is 3.36. The summed E-state index contributed by atoms with van der Waals surface area (Å²) in [6, 6.07) is -0.934. The molecule has 112 valence electrons. The van der Waals surface area contributed by atoms with Crippen molar-refractivity contribution in [1.82, 2.24) is 9.80 Å². The van der Waals surface area contributed by atoms with Crippen LogP contribution in [0.1, 0.15) is 19.3 Å². The molecule has 0 radical (unpaired) electrons. The van der Waals surface area contributed by atoms with E-state index in [2.05, 4.69) is 0 Å². The lowest BCUT2D eigenvalue weighted by atomic mass is 9.93. The van der Waals surface area contributed by atoms with Gasteiger partial charge in [-0.15, -0.1) is 11.8 Å². The Morgan fingerprint density at radius 2 is 1.90 bits per heavy atom. The number of aliphatic carboxylic acids is 1. The van der Waals surface area contributed by atoms with Gasteiger partial charge < -0.3 is 20.6 Å². The van der Waals surface area contributed by atoms with Crippen LogP contribution in [0.5, 0.6) is 0 Å². The molecule has 7 nitrogen and oxygen atoms in total. The van der Waals surface area contributed by atoms with Crippen LogP contribution in [0.4, 0.5) is 4.79 Å². The average molecular weight is 301 g/mol. The molecule has 0 bridgehead atoms. The van der Waals surface area contributed by atoms with Gasteiger partial charge in [0.15, 0.2) is 0 Å². The van der Waals surface area contributed by atoms with Crippen LogP contribution in [0.3, 0.4) is 0 Å². The molecule has 0 unspecified atom stereocenters. The van der Waals surface area contributed by atoms with Crippen LogP contribution >= 0.6 is 11.8 Å². The van der Waals surface area contributed by atoms with E-state index in [1.54, 1.807) is 4.90 Å². The van der Waals surface area contributed by atoms with Gasteiger partial charge in [-0.2, -0.15) is 0 Å². The fourth-order valence-electron chi connectivity index (χ4n) is 2.63. The van der Waals surface area contributed by atoms with Crippen molar-refractivity contribution < 1.29 is 19.5 Å². The van der Waals surface area contributed by atoms with E-state index in [1.165, 1.54) is 16.7 Å². The molecule has 0 aromatic heterocycles. The van der Waals surface area contributed by atoms with Crippen LogP contribution in [0.25, 0.3) is 0 Å². The Labute approximate surface area is 121 Å². The van der Waals surface area contributed by atoms with E-state index in [0.29, 0.717) is 31.1 Å². The highest BCUT2D eigenvalue weighted by molar-refractivity contribution is 7.99. The van der Waals surface area contributed by atoms with Crippen LogP contribution in [-0.4, -0.2) is 63.6 Å². The third-order valence-electron chi connectivity index (χ3n) is 3.79. The number of hydrogen-bond donors (Lipinski definition) is 2. The largest absolute Gasteiger partial charge is 0.480 e. The van der Waals surface area contributed by atoms with E-state index in [9.17, 15) is 14.4 Å². The minimum atomic E-state index is -0.952. The van der Waals surface area contributed by atoms with Crippen LogP contribution in [-0.2, 0) is 9.59 Å². The number of amides is 3. The number of nitrogens with two attached hydrogens (primary N) is 1. The number of hydrogen-bond acceptors (Lipinski definition) is 4. The van der Waals surface area contributed by atoms with Crippen LogP contribution in [0.2, 0.25) is 0 Å².